The first kappa shape index (κ1) is 26.7. The summed E-state index contributed by atoms with van der Waals surface area (Å²) in [4.78, 5) is 23.5. The molecular weight excluding hydrogens is 530 g/mol. The zero-order chi connectivity index (χ0) is 27.4. The maximum atomic E-state index is 13.6. The SMILES string of the molecule is COc1ccc(N(CC(=O)Nc2nnc(-c3ccc(C)cc3)s2)S(=O)(=O)c2ccc(C)c([N+](=O)[O-])c2)cc1. The number of methoxy groups -OCH3 is 1. The number of anilines is 2. The first-order valence-electron chi connectivity index (χ1n) is 11.2. The van der Waals surface area contributed by atoms with Crippen LogP contribution in [-0.2, 0) is 14.8 Å². The number of aryl methyl sites for hydroxylation is 2. The molecule has 0 bridgehead atoms. The van der Waals surface area contributed by atoms with Gasteiger partial charge in [0.2, 0.25) is 11.0 Å². The molecule has 196 valence electrons. The highest BCUT2D eigenvalue weighted by Crippen LogP contribution is 2.30. The third-order valence-electron chi connectivity index (χ3n) is 5.58. The van der Waals surface area contributed by atoms with Crippen molar-refractivity contribution in [3.05, 3.63) is 88.0 Å². The second-order valence-corrected chi connectivity index (χ2v) is 11.1. The third-order valence-corrected chi connectivity index (χ3v) is 8.24. The number of carbonyl (C=O) groups is 1. The van der Waals surface area contributed by atoms with Gasteiger partial charge in [-0.2, -0.15) is 0 Å². The van der Waals surface area contributed by atoms with Gasteiger partial charge in [0.1, 0.15) is 17.3 Å². The minimum Gasteiger partial charge on any atom is -0.497 e. The van der Waals surface area contributed by atoms with Crippen LogP contribution in [0.15, 0.2) is 71.6 Å². The summed E-state index contributed by atoms with van der Waals surface area (Å²) in [6.07, 6.45) is 0. The Kier molecular flexibility index (Phi) is 7.69. The normalized spacial score (nSPS) is 11.1. The summed E-state index contributed by atoms with van der Waals surface area (Å²) < 4.78 is 33.3. The van der Waals surface area contributed by atoms with Crippen LogP contribution in [0.1, 0.15) is 11.1 Å². The highest BCUT2D eigenvalue weighted by molar-refractivity contribution is 7.92. The zero-order valence-electron chi connectivity index (χ0n) is 20.6. The standard InChI is InChI=1S/C25H23N5O6S2/c1-16-4-7-18(8-5-16)24-27-28-25(37-24)26-23(31)15-29(19-9-11-20(36-3)12-10-19)38(34,35)21-13-6-17(2)22(14-21)30(32)33/h4-14H,15H2,1-3H3,(H,26,28,31). The van der Waals surface area contributed by atoms with E-state index >= 15 is 0 Å². The summed E-state index contributed by atoms with van der Waals surface area (Å²) in [5, 5.41) is 22.9. The van der Waals surface area contributed by atoms with Crippen molar-refractivity contribution in [3.63, 3.8) is 0 Å². The lowest BCUT2D eigenvalue weighted by Gasteiger charge is -2.24. The third kappa shape index (κ3) is 5.79. The molecule has 0 aliphatic rings. The summed E-state index contributed by atoms with van der Waals surface area (Å²) in [7, 11) is -2.91. The molecule has 0 radical (unpaired) electrons. The number of ether oxygens (including phenoxy) is 1. The van der Waals surface area contributed by atoms with Crippen molar-refractivity contribution in [1.29, 1.82) is 0 Å². The molecule has 11 nitrogen and oxygen atoms in total. The Labute approximate surface area is 222 Å². The van der Waals surface area contributed by atoms with Crippen molar-refractivity contribution >= 4 is 43.8 Å². The van der Waals surface area contributed by atoms with Gasteiger partial charge < -0.3 is 4.74 Å². The topological polar surface area (TPSA) is 145 Å². The summed E-state index contributed by atoms with van der Waals surface area (Å²) >= 11 is 1.15. The minimum absolute atomic E-state index is 0.168. The number of carbonyl (C=O) groups excluding carboxylic acids is 1. The Morgan fingerprint density at radius 3 is 2.37 bits per heavy atom. The minimum atomic E-state index is -4.38. The van der Waals surface area contributed by atoms with Gasteiger partial charge in [0, 0.05) is 17.2 Å². The van der Waals surface area contributed by atoms with Gasteiger partial charge in [-0.25, -0.2) is 8.42 Å². The second-order valence-electron chi connectivity index (χ2n) is 8.24. The molecular formula is C25H23N5O6S2. The Bertz CT molecular complexity index is 1590. The summed E-state index contributed by atoms with van der Waals surface area (Å²) in [5.74, 6) is -0.184. The lowest BCUT2D eigenvalue weighted by Crippen LogP contribution is -2.38. The molecule has 0 saturated carbocycles. The molecule has 0 aliphatic heterocycles. The monoisotopic (exact) mass is 553 g/mol. The van der Waals surface area contributed by atoms with E-state index in [2.05, 4.69) is 15.5 Å². The van der Waals surface area contributed by atoms with Crippen molar-refractivity contribution in [2.24, 2.45) is 0 Å². The zero-order valence-corrected chi connectivity index (χ0v) is 22.2. The molecule has 38 heavy (non-hydrogen) atoms. The number of nitrogens with one attached hydrogen (secondary N) is 1. The van der Waals surface area contributed by atoms with E-state index in [1.807, 2.05) is 31.2 Å². The van der Waals surface area contributed by atoms with E-state index in [1.54, 1.807) is 12.1 Å². The second kappa shape index (κ2) is 10.9. The van der Waals surface area contributed by atoms with Crippen LogP contribution in [0.2, 0.25) is 0 Å². The van der Waals surface area contributed by atoms with E-state index in [0.717, 1.165) is 32.8 Å². The highest BCUT2D eigenvalue weighted by Gasteiger charge is 2.29. The number of nitro benzene ring substituents is 1. The molecule has 0 aliphatic carbocycles. The van der Waals surface area contributed by atoms with E-state index in [-0.39, 0.29) is 21.4 Å². The predicted octanol–water partition coefficient (Wildman–Crippen LogP) is 4.57. The molecule has 1 N–H and O–H groups in total. The quantitative estimate of drug-likeness (QED) is 0.234. The Morgan fingerprint density at radius 1 is 1.05 bits per heavy atom. The van der Waals surface area contributed by atoms with E-state index in [0.29, 0.717) is 16.3 Å². The fraction of sp³-hybridized carbons (Fsp3) is 0.160. The summed E-state index contributed by atoms with van der Waals surface area (Å²) in [5.41, 5.74) is 2.05. The van der Waals surface area contributed by atoms with Gasteiger partial charge >= 0.3 is 0 Å². The van der Waals surface area contributed by atoms with Crippen LogP contribution < -0.4 is 14.4 Å². The number of aromatic nitrogens is 2. The first-order chi connectivity index (χ1) is 18.1. The van der Waals surface area contributed by atoms with E-state index in [4.69, 9.17) is 4.74 Å². The number of sulfonamides is 1. The van der Waals surface area contributed by atoms with Crippen LogP contribution >= 0.6 is 11.3 Å². The van der Waals surface area contributed by atoms with Crippen LogP contribution in [0.25, 0.3) is 10.6 Å². The van der Waals surface area contributed by atoms with Gasteiger partial charge in [-0.05, 0) is 44.2 Å². The number of rotatable bonds is 9. The van der Waals surface area contributed by atoms with Gasteiger partial charge in [-0.15, -0.1) is 10.2 Å². The lowest BCUT2D eigenvalue weighted by molar-refractivity contribution is -0.385. The molecule has 4 rings (SSSR count). The first-order valence-corrected chi connectivity index (χ1v) is 13.5. The van der Waals surface area contributed by atoms with Crippen LogP contribution in [0, 0.1) is 24.0 Å². The Morgan fingerprint density at radius 2 is 1.74 bits per heavy atom. The number of hydrogen-bond acceptors (Lipinski definition) is 9. The Balaban J connectivity index is 1.63. The number of nitrogens with zero attached hydrogens (tertiary/aromatic N) is 4. The van der Waals surface area contributed by atoms with Crippen LogP contribution in [0.3, 0.4) is 0 Å². The number of benzene rings is 3. The lowest BCUT2D eigenvalue weighted by atomic mass is 10.2. The molecule has 3 aromatic carbocycles. The van der Waals surface area contributed by atoms with Crippen LogP contribution in [-0.4, -0.2) is 43.1 Å². The van der Waals surface area contributed by atoms with Gasteiger partial charge in [0.05, 0.1) is 22.6 Å². The summed E-state index contributed by atoms with van der Waals surface area (Å²) in [6.45, 7) is 2.86. The smallest absolute Gasteiger partial charge is 0.273 e. The molecule has 0 unspecified atom stereocenters. The molecule has 4 aromatic rings. The van der Waals surface area contributed by atoms with Gasteiger partial charge in [0.15, 0.2) is 0 Å². The average Bonchev–Trinajstić information content (AvgIpc) is 3.36. The van der Waals surface area contributed by atoms with Crippen molar-refractivity contribution in [1.82, 2.24) is 10.2 Å². The van der Waals surface area contributed by atoms with Gasteiger partial charge in [0.25, 0.3) is 15.7 Å². The number of nitro groups is 1. The van der Waals surface area contributed by atoms with E-state index in [1.165, 1.54) is 38.3 Å². The molecule has 0 spiro atoms. The molecule has 0 atom stereocenters. The van der Waals surface area contributed by atoms with Crippen molar-refractivity contribution in [3.8, 4) is 16.3 Å². The Hall–Kier alpha value is -4.36. The summed E-state index contributed by atoms with van der Waals surface area (Å²) in [6, 6.07) is 17.3. The van der Waals surface area contributed by atoms with Crippen molar-refractivity contribution in [2.45, 2.75) is 18.7 Å². The maximum Gasteiger partial charge on any atom is 0.273 e. The molecule has 1 heterocycles. The average molecular weight is 554 g/mol. The van der Waals surface area contributed by atoms with Crippen molar-refractivity contribution < 1.29 is 22.9 Å². The molecule has 1 aromatic heterocycles. The van der Waals surface area contributed by atoms with E-state index in [9.17, 15) is 23.3 Å². The largest absolute Gasteiger partial charge is 0.497 e. The fourth-order valence-electron chi connectivity index (χ4n) is 3.51. The van der Waals surface area contributed by atoms with Gasteiger partial charge in [-0.1, -0.05) is 47.2 Å². The van der Waals surface area contributed by atoms with Gasteiger partial charge in [-0.3, -0.25) is 24.5 Å². The molecule has 0 fully saturated rings. The predicted molar refractivity (Wildman–Crippen MR) is 144 cm³/mol. The molecule has 13 heteroatoms. The van der Waals surface area contributed by atoms with Crippen LogP contribution in [0.4, 0.5) is 16.5 Å². The number of amides is 1. The number of hydrogen-bond donors (Lipinski definition) is 1. The molecule has 1 amide bonds. The molecule has 0 saturated heterocycles. The van der Waals surface area contributed by atoms with E-state index < -0.39 is 27.4 Å². The highest BCUT2D eigenvalue weighted by atomic mass is 32.2. The fourth-order valence-corrected chi connectivity index (χ4v) is 5.72. The van der Waals surface area contributed by atoms with Crippen LogP contribution in [0.5, 0.6) is 5.75 Å². The maximum absolute atomic E-state index is 13.6. The van der Waals surface area contributed by atoms with Crippen molar-refractivity contribution in [2.75, 3.05) is 23.3 Å².